The summed E-state index contributed by atoms with van der Waals surface area (Å²) in [6.07, 6.45) is 4.96. The Balaban J connectivity index is 1.27. The fraction of sp³-hybridized carbons (Fsp3) is 0.377. The van der Waals surface area contributed by atoms with Crippen molar-refractivity contribution in [3.8, 4) is 11.1 Å². The maximum atomic E-state index is 7.67. The highest BCUT2D eigenvalue weighted by Crippen LogP contribution is 2.58. The van der Waals surface area contributed by atoms with E-state index < -0.39 is 8.80 Å². The highest BCUT2D eigenvalue weighted by molar-refractivity contribution is 7.00. The second kappa shape index (κ2) is 14.6. The fourth-order valence-electron chi connectivity index (χ4n) is 12.2. The number of benzene rings is 6. The molecule has 5 aliphatic rings. The highest BCUT2D eigenvalue weighted by atomic mass is 28.3. The van der Waals surface area contributed by atoms with Crippen LogP contribution in [0.25, 0.3) is 22.1 Å². The van der Waals surface area contributed by atoms with Crippen molar-refractivity contribution >= 4 is 82.4 Å². The first-order valence-corrected chi connectivity index (χ1v) is 27.3. The van der Waals surface area contributed by atoms with Gasteiger partial charge in [0.05, 0.1) is 25.8 Å². The molecule has 7 aromatic rings. The minimum atomic E-state index is -0.750. The van der Waals surface area contributed by atoms with E-state index >= 15 is 0 Å². The van der Waals surface area contributed by atoms with Crippen LogP contribution in [0.2, 0.25) is 13.1 Å². The van der Waals surface area contributed by atoms with E-state index in [1.54, 1.807) is 0 Å². The summed E-state index contributed by atoms with van der Waals surface area (Å²) >= 11 is 0. The summed E-state index contributed by atoms with van der Waals surface area (Å²) in [5, 5.41) is 2.68. The smallest absolute Gasteiger partial charge is 0.297 e. The third-order valence-electron chi connectivity index (χ3n) is 16.6. The number of anilines is 6. The molecule has 2 aliphatic heterocycles. The van der Waals surface area contributed by atoms with Crippen LogP contribution in [0.4, 0.5) is 34.1 Å². The van der Waals surface area contributed by atoms with Gasteiger partial charge >= 0.3 is 0 Å². The summed E-state index contributed by atoms with van der Waals surface area (Å²) in [6.45, 7) is 32.9. The SMILES string of the molecule is Cc1cc2c3c(c1)N(c1ccc([Si](C)C)cc1-c1ccc(C(C)(C)C)cc1)c1c(oc4cc5c(cc14)C1(C)CCC5(C)CC1)B3c1cc(C(C)(C)C)ccc1N2c1ccc(C(C)C)cc1C. The van der Waals surface area contributed by atoms with Crippen LogP contribution in [0.15, 0.2) is 108 Å². The van der Waals surface area contributed by atoms with Gasteiger partial charge in [-0.1, -0.05) is 148 Å². The summed E-state index contributed by atoms with van der Waals surface area (Å²) in [7, 11) is -0.750. The predicted molar refractivity (Wildman–Crippen MR) is 287 cm³/mol. The minimum absolute atomic E-state index is 0.0380. The van der Waals surface area contributed by atoms with E-state index in [9.17, 15) is 0 Å². The Morgan fingerprint density at radius 1 is 0.621 bits per heavy atom. The van der Waals surface area contributed by atoms with Crippen LogP contribution in [-0.2, 0) is 21.7 Å². The van der Waals surface area contributed by atoms with Gasteiger partial charge < -0.3 is 14.2 Å². The summed E-state index contributed by atoms with van der Waals surface area (Å²) < 4.78 is 7.67. The number of rotatable bonds is 5. The Hall–Kier alpha value is -5.26. The second-order valence-corrected chi connectivity index (χ2v) is 26.5. The molecule has 1 fully saturated rings. The number of furan rings is 1. The van der Waals surface area contributed by atoms with Crippen molar-refractivity contribution in [2.45, 2.75) is 149 Å². The molecule has 1 aromatic heterocycles. The minimum Gasteiger partial charge on any atom is -0.468 e. The normalized spacial score (nSPS) is 19.7. The molecule has 0 unspecified atom stereocenters. The van der Waals surface area contributed by atoms with Gasteiger partial charge in [-0.05, 0) is 165 Å². The van der Waals surface area contributed by atoms with Crippen LogP contribution >= 0.6 is 0 Å². The molecule has 1 saturated carbocycles. The highest BCUT2D eigenvalue weighted by Gasteiger charge is 2.51. The van der Waals surface area contributed by atoms with E-state index in [1.807, 2.05) is 0 Å². The molecule has 66 heavy (non-hydrogen) atoms. The topological polar surface area (TPSA) is 19.6 Å². The number of aryl methyl sites for hydroxylation is 2. The summed E-state index contributed by atoms with van der Waals surface area (Å²) in [4.78, 5) is 5.24. The maximum absolute atomic E-state index is 7.67. The first kappa shape index (κ1) is 43.3. The van der Waals surface area contributed by atoms with Gasteiger partial charge in [-0.15, -0.1) is 0 Å². The van der Waals surface area contributed by atoms with E-state index in [0.717, 1.165) is 11.2 Å². The predicted octanol–water partition coefficient (Wildman–Crippen LogP) is 14.6. The Morgan fingerprint density at radius 2 is 1.21 bits per heavy atom. The molecule has 6 aromatic carbocycles. The maximum Gasteiger partial charge on any atom is 0.297 e. The van der Waals surface area contributed by atoms with Crippen molar-refractivity contribution in [2.75, 3.05) is 9.80 Å². The van der Waals surface area contributed by atoms with Gasteiger partial charge in [-0.2, -0.15) is 0 Å². The van der Waals surface area contributed by atoms with Gasteiger partial charge in [0.25, 0.3) is 6.71 Å². The lowest BCUT2D eigenvalue weighted by atomic mass is 9.35. The van der Waals surface area contributed by atoms with Crippen molar-refractivity contribution in [2.24, 2.45) is 0 Å². The molecule has 5 heteroatoms. The second-order valence-electron chi connectivity index (χ2n) is 23.9. The molecule has 0 saturated heterocycles. The van der Waals surface area contributed by atoms with Crippen LogP contribution in [-0.4, -0.2) is 15.5 Å². The number of fused-ring (bicyclic) bond motifs is 8. The first-order valence-electron chi connectivity index (χ1n) is 24.8. The molecule has 1 radical (unpaired) electrons. The standard InChI is InChI=1S/C61H68BN2OSi/c1-36(2)40-17-22-49(38(4)31-40)63-51-23-20-42(59(8,9)10)32-48(51)62-55-52(63)29-37(3)30-53(55)64(50-24-21-43(66(13)14)33-44(50)39-15-18-41(19-16-39)58(5,6)7)56-45-34-46-47(35-54(45)65-57(56)62)61(12)27-25-60(46,11)26-28-61/h15-24,29-36H,25-28H2,1-14H3. The molecule has 12 rings (SSSR count). The molecule has 3 nitrogen and oxygen atoms in total. The van der Waals surface area contributed by atoms with E-state index in [1.165, 1.54) is 131 Å². The zero-order valence-electron chi connectivity index (χ0n) is 42.1. The van der Waals surface area contributed by atoms with Gasteiger partial charge in [0.15, 0.2) is 0 Å². The van der Waals surface area contributed by atoms with E-state index in [4.69, 9.17) is 4.42 Å². The summed E-state index contributed by atoms with van der Waals surface area (Å²) in [5.74, 6) is 0.450. The molecular weight excluding hydrogens is 816 g/mol. The number of hydrogen-bond donors (Lipinski definition) is 0. The van der Waals surface area contributed by atoms with Gasteiger partial charge in [-0.25, -0.2) is 0 Å². The molecule has 2 bridgehead atoms. The van der Waals surface area contributed by atoms with Gasteiger partial charge in [0, 0.05) is 33.7 Å². The molecule has 3 heterocycles. The van der Waals surface area contributed by atoms with Crippen molar-refractivity contribution in [3.05, 3.63) is 142 Å². The monoisotopic (exact) mass is 884 g/mol. The van der Waals surface area contributed by atoms with E-state index in [0.29, 0.717) is 5.92 Å². The average Bonchev–Trinajstić information content (AvgIpc) is 3.64. The van der Waals surface area contributed by atoms with Crippen LogP contribution in [0.5, 0.6) is 0 Å². The van der Waals surface area contributed by atoms with Gasteiger partial charge in [0.2, 0.25) is 0 Å². The number of hydrogen-bond acceptors (Lipinski definition) is 3. The van der Waals surface area contributed by atoms with Gasteiger partial charge in [0.1, 0.15) is 5.58 Å². The lowest BCUT2D eigenvalue weighted by Crippen LogP contribution is -2.61. The molecular formula is C61H68BN2OSi. The van der Waals surface area contributed by atoms with Crippen LogP contribution in [0.3, 0.4) is 0 Å². The Kier molecular flexibility index (Phi) is 9.60. The number of nitrogens with zero attached hydrogens (tertiary/aromatic N) is 2. The zero-order chi connectivity index (χ0) is 46.6. The van der Waals surface area contributed by atoms with Crippen molar-refractivity contribution in [3.63, 3.8) is 0 Å². The lowest BCUT2D eigenvalue weighted by molar-refractivity contribution is 0.188. The van der Waals surface area contributed by atoms with E-state index in [2.05, 4.69) is 209 Å². The molecule has 0 atom stereocenters. The van der Waals surface area contributed by atoms with E-state index in [-0.39, 0.29) is 28.4 Å². The first-order chi connectivity index (χ1) is 31.1. The van der Waals surface area contributed by atoms with Crippen molar-refractivity contribution in [1.82, 2.24) is 0 Å². The van der Waals surface area contributed by atoms with Crippen molar-refractivity contribution in [1.29, 1.82) is 0 Å². The fourth-order valence-corrected chi connectivity index (χ4v) is 13.1. The molecule has 0 N–H and O–H groups in total. The largest absolute Gasteiger partial charge is 0.468 e. The quantitative estimate of drug-likeness (QED) is 0.161. The third-order valence-corrected chi connectivity index (χ3v) is 18.0. The average molecular weight is 884 g/mol. The van der Waals surface area contributed by atoms with Crippen LogP contribution in [0.1, 0.15) is 140 Å². The van der Waals surface area contributed by atoms with Crippen LogP contribution < -0.4 is 31.6 Å². The Bertz CT molecular complexity index is 3130. The molecule has 0 amide bonds. The van der Waals surface area contributed by atoms with Gasteiger partial charge in [-0.3, -0.25) is 0 Å². The lowest BCUT2D eigenvalue weighted by Gasteiger charge is -2.52. The van der Waals surface area contributed by atoms with Crippen LogP contribution in [0, 0.1) is 13.8 Å². The molecule has 0 spiro atoms. The Morgan fingerprint density at radius 3 is 1.82 bits per heavy atom. The van der Waals surface area contributed by atoms with Crippen molar-refractivity contribution < 1.29 is 4.42 Å². The summed E-state index contributed by atoms with van der Waals surface area (Å²) in [5.41, 5.74) is 24.6. The molecule has 3 aliphatic carbocycles. The summed E-state index contributed by atoms with van der Waals surface area (Å²) in [6, 6.07) is 41.3. The Labute approximate surface area is 397 Å². The zero-order valence-corrected chi connectivity index (χ0v) is 43.1. The third kappa shape index (κ3) is 6.49. The molecule has 335 valence electrons.